The standard InChI is InChI=1S/C15H16N2/c1-3-4-9-16-11-13-10-12(2)17-15-8-6-5-7-14(13)15/h5-8,10,16H,9,11H2,1-2H3. The van der Waals surface area contributed by atoms with Crippen molar-refractivity contribution < 1.29 is 0 Å². The molecule has 2 nitrogen and oxygen atoms in total. The Morgan fingerprint density at radius 3 is 2.94 bits per heavy atom. The molecule has 0 saturated heterocycles. The van der Waals surface area contributed by atoms with Crippen molar-refractivity contribution in [3.05, 3.63) is 41.6 Å². The summed E-state index contributed by atoms with van der Waals surface area (Å²) in [6.45, 7) is 5.44. The first-order chi connectivity index (χ1) is 8.31. The van der Waals surface area contributed by atoms with E-state index in [1.807, 2.05) is 19.9 Å². The molecule has 0 fully saturated rings. The molecule has 0 aliphatic heterocycles. The van der Waals surface area contributed by atoms with Crippen molar-refractivity contribution in [1.29, 1.82) is 0 Å². The zero-order chi connectivity index (χ0) is 12.1. The molecule has 1 heterocycles. The molecule has 2 heteroatoms. The highest BCUT2D eigenvalue weighted by atomic mass is 14.8. The predicted molar refractivity (Wildman–Crippen MR) is 71.6 cm³/mol. The summed E-state index contributed by atoms with van der Waals surface area (Å²) < 4.78 is 0. The quantitative estimate of drug-likeness (QED) is 0.640. The summed E-state index contributed by atoms with van der Waals surface area (Å²) in [5.41, 5.74) is 3.40. The van der Waals surface area contributed by atoms with Gasteiger partial charge in [0.05, 0.1) is 12.1 Å². The molecule has 1 aromatic carbocycles. The summed E-state index contributed by atoms with van der Waals surface area (Å²) >= 11 is 0. The second-order valence-electron chi connectivity index (χ2n) is 3.97. The van der Waals surface area contributed by atoms with Gasteiger partial charge in [0.1, 0.15) is 0 Å². The van der Waals surface area contributed by atoms with Gasteiger partial charge in [-0.05, 0) is 31.5 Å². The van der Waals surface area contributed by atoms with Gasteiger partial charge in [-0.2, -0.15) is 0 Å². The number of aryl methyl sites for hydroxylation is 1. The van der Waals surface area contributed by atoms with E-state index in [0.29, 0.717) is 0 Å². The molecule has 0 bridgehead atoms. The third-order valence-corrected chi connectivity index (χ3v) is 2.64. The highest BCUT2D eigenvalue weighted by Gasteiger charge is 2.02. The SMILES string of the molecule is CC#CCNCc1cc(C)nc2ccccc12. The number of rotatable bonds is 3. The van der Waals surface area contributed by atoms with E-state index in [4.69, 9.17) is 0 Å². The van der Waals surface area contributed by atoms with E-state index in [9.17, 15) is 0 Å². The van der Waals surface area contributed by atoms with Crippen LogP contribution in [0.15, 0.2) is 30.3 Å². The minimum Gasteiger partial charge on any atom is -0.302 e. The van der Waals surface area contributed by atoms with Crippen LogP contribution in [0.4, 0.5) is 0 Å². The zero-order valence-corrected chi connectivity index (χ0v) is 10.2. The van der Waals surface area contributed by atoms with Gasteiger partial charge in [0, 0.05) is 17.6 Å². The highest BCUT2D eigenvalue weighted by Crippen LogP contribution is 2.17. The lowest BCUT2D eigenvalue weighted by Crippen LogP contribution is -2.13. The molecule has 86 valence electrons. The molecule has 0 aliphatic carbocycles. The van der Waals surface area contributed by atoms with Crippen LogP contribution in [0.3, 0.4) is 0 Å². The van der Waals surface area contributed by atoms with Gasteiger partial charge in [-0.15, -0.1) is 5.92 Å². The first-order valence-corrected chi connectivity index (χ1v) is 5.77. The molecule has 0 radical (unpaired) electrons. The normalized spacial score (nSPS) is 10.0. The monoisotopic (exact) mass is 224 g/mol. The molecule has 0 atom stereocenters. The van der Waals surface area contributed by atoms with Crippen LogP contribution in [0, 0.1) is 18.8 Å². The number of aromatic nitrogens is 1. The van der Waals surface area contributed by atoms with Crippen molar-refractivity contribution in [1.82, 2.24) is 10.3 Å². The lowest BCUT2D eigenvalue weighted by molar-refractivity contribution is 0.773. The maximum Gasteiger partial charge on any atom is 0.0708 e. The van der Waals surface area contributed by atoms with Crippen LogP contribution < -0.4 is 5.32 Å². The van der Waals surface area contributed by atoms with E-state index < -0.39 is 0 Å². The molecule has 2 aromatic rings. The van der Waals surface area contributed by atoms with Crippen LogP contribution in [-0.4, -0.2) is 11.5 Å². The van der Waals surface area contributed by atoms with E-state index in [1.165, 1.54) is 10.9 Å². The van der Waals surface area contributed by atoms with Gasteiger partial charge < -0.3 is 5.32 Å². The molecule has 1 aromatic heterocycles. The molecular formula is C15H16N2. The molecule has 17 heavy (non-hydrogen) atoms. The molecule has 0 saturated carbocycles. The minimum absolute atomic E-state index is 0.728. The second kappa shape index (κ2) is 5.47. The van der Waals surface area contributed by atoms with Crippen molar-refractivity contribution in [2.45, 2.75) is 20.4 Å². The number of para-hydroxylation sites is 1. The number of hydrogen-bond donors (Lipinski definition) is 1. The summed E-state index contributed by atoms with van der Waals surface area (Å²) in [5, 5.41) is 4.54. The fourth-order valence-electron chi connectivity index (χ4n) is 1.89. The van der Waals surface area contributed by atoms with E-state index in [-0.39, 0.29) is 0 Å². The number of hydrogen-bond acceptors (Lipinski definition) is 2. The topological polar surface area (TPSA) is 24.9 Å². The minimum atomic E-state index is 0.728. The summed E-state index contributed by atoms with van der Waals surface area (Å²) in [4.78, 5) is 4.52. The van der Waals surface area contributed by atoms with E-state index >= 15 is 0 Å². The van der Waals surface area contributed by atoms with Gasteiger partial charge in [0.15, 0.2) is 0 Å². The van der Waals surface area contributed by atoms with Crippen molar-refractivity contribution in [3.63, 3.8) is 0 Å². The number of benzene rings is 1. The molecule has 0 unspecified atom stereocenters. The van der Waals surface area contributed by atoms with Crippen LogP contribution in [0.2, 0.25) is 0 Å². The second-order valence-corrected chi connectivity index (χ2v) is 3.97. The van der Waals surface area contributed by atoms with Crippen molar-refractivity contribution in [2.24, 2.45) is 0 Å². The fraction of sp³-hybridized carbons (Fsp3) is 0.267. The van der Waals surface area contributed by atoms with E-state index in [1.54, 1.807) is 0 Å². The average molecular weight is 224 g/mol. The zero-order valence-electron chi connectivity index (χ0n) is 10.2. The number of fused-ring (bicyclic) bond motifs is 1. The Hall–Kier alpha value is -1.85. The Morgan fingerprint density at radius 1 is 1.29 bits per heavy atom. The Balaban J connectivity index is 2.28. The van der Waals surface area contributed by atoms with Gasteiger partial charge in [0.25, 0.3) is 0 Å². The summed E-state index contributed by atoms with van der Waals surface area (Å²) in [5.74, 6) is 5.88. The maximum absolute atomic E-state index is 4.52. The molecule has 0 aliphatic rings. The van der Waals surface area contributed by atoms with Gasteiger partial charge in [-0.1, -0.05) is 24.1 Å². The molecule has 2 rings (SSSR count). The summed E-state index contributed by atoms with van der Waals surface area (Å²) in [6.07, 6.45) is 0. The Morgan fingerprint density at radius 2 is 2.12 bits per heavy atom. The average Bonchev–Trinajstić information content (AvgIpc) is 2.34. The van der Waals surface area contributed by atoms with Crippen LogP contribution in [0.1, 0.15) is 18.2 Å². The van der Waals surface area contributed by atoms with E-state index in [0.717, 1.165) is 24.3 Å². The lowest BCUT2D eigenvalue weighted by atomic mass is 10.1. The third-order valence-electron chi connectivity index (χ3n) is 2.64. The summed E-state index contributed by atoms with van der Waals surface area (Å²) in [7, 11) is 0. The number of nitrogens with zero attached hydrogens (tertiary/aromatic N) is 1. The summed E-state index contributed by atoms with van der Waals surface area (Å²) in [6, 6.07) is 10.4. The van der Waals surface area contributed by atoms with Crippen LogP contribution in [0.25, 0.3) is 10.9 Å². The Labute approximate surface area is 102 Å². The fourth-order valence-corrected chi connectivity index (χ4v) is 1.89. The Bertz CT molecular complexity index is 576. The first kappa shape index (κ1) is 11.6. The molecular weight excluding hydrogens is 208 g/mol. The van der Waals surface area contributed by atoms with Gasteiger partial charge in [-0.3, -0.25) is 4.98 Å². The van der Waals surface area contributed by atoms with Crippen molar-refractivity contribution in [2.75, 3.05) is 6.54 Å². The molecule has 0 amide bonds. The highest BCUT2D eigenvalue weighted by molar-refractivity contribution is 5.82. The van der Waals surface area contributed by atoms with E-state index in [2.05, 4.69) is 46.4 Å². The van der Waals surface area contributed by atoms with Crippen LogP contribution in [0.5, 0.6) is 0 Å². The molecule has 1 N–H and O–H groups in total. The smallest absolute Gasteiger partial charge is 0.0708 e. The number of pyridine rings is 1. The largest absolute Gasteiger partial charge is 0.302 e. The van der Waals surface area contributed by atoms with Crippen molar-refractivity contribution in [3.8, 4) is 11.8 Å². The van der Waals surface area contributed by atoms with Gasteiger partial charge in [0.2, 0.25) is 0 Å². The third kappa shape index (κ3) is 2.83. The predicted octanol–water partition coefficient (Wildman–Crippen LogP) is 2.66. The first-order valence-electron chi connectivity index (χ1n) is 5.77. The maximum atomic E-state index is 4.52. The van der Waals surface area contributed by atoms with Gasteiger partial charge in [-0.25, -0.2) is 0 Å². The Kier molecular flexibility index (Phi) is 3.74. The number of nitrogens with one attached hydrogen (secondary N) is 1. The lowest BCUT2D eigenvalue weighted by Gasteiger charge is -2.07. The van der Waals surface area contributed by atoms with Crippen LogP contribution >= 0.6 is 0 Å². The van der Waals surface area contributed by atoms with Crippen molar-refractivity contribution >= 4 is 10.9 Å². The molecule has 0 spiro atoms. The van der Waals surface area contributed by atoms with Gasteiger partial charge >= 0.3 is 0 Å². The van der Waals surface area contributed by atoms with Crippen LogP contribution in [-0.2, 0) is 6.54 Å².